The van der Waals surface area contributed by atoms with Gasteiger partial charge in [-0.3, -0.25) is 0 Å². The number of nitrogens with one attached hydrogen (secondary N) is 1. The summed E-state index contributed by atoms with van der Waals surface area (Å²) >= 11 is 0. The summed E-state index contributed by atoms with van der Waals surface area (Å²) < 4.78 is 6.48. The lowest BCUT2D eigenvalue weighted by Crippen LogP contribution is -2.31. The van der Waals surface area contributed by atoms with Crippen LogP contribution in [0.5, 0.6) is 0 Å². The highest BCUT2D eigenvalue weighted by atomic mass is 16.3. The van der Waals surface area contributed by atoms with E-state index >= 15 is 0 Å². The Morgan fingerprint density at radius 2 is 1.06 bits per heavy atom. The van der Waals surface area contributed by atoms with E-state index in [1.54, 1.807) is 0 Å². The topological polar surface area (TPSA) is 37.5 Å². The molecule has 0 aliphatic carbocycles. The van der Waals surface area contributed by atoms with Gasteiger partial charge in [-0.05, 0) is 79.3 Å². The van der Waals surface area contributed by atoms with E-state index < -0.39 is 0 Å². The predicted octanol–water partition coefficient (Wildman–Crippen LogP) is 11.8. The van der Waals surface area contributed by atoms with Crippen molar-refractivity contribution >= 4 is 65.8 Å². The molecule has 1 atom stereocenters. The van der Waals surface area contributed by atoms with Gasteiger partial charge in [0.25, 0.3) is 0 Å². The SMILES string of the molecule is C1=C(c2ccccc2)N=C(c2ccc3oc4ccccc4c3c2-c2ccc3c4ccccc4c4ccccc4c3c2)NC1c1ccccc1. The van der Waals surface area contributed by atoms with Crippen LogP contribution in [0.25, 0.3) is 71.1 Å². The first-order valence-corrected chi connectivity index (χ1v) is 16.8. The third-order valence-electron chi connectivity index (χ3n) is 9.91. The zero-order valence-electron chi connectivity index (χ0n) is 26.6. The zero-order valence-corrected chi connectivity index (χ0v) is 26.6. The number of rotatable bonds is 4. The Bertz CT molecular complexity index is 2760. The number of nitrogens with zero attached hydrogens (tertiary/aromatic N) is 1. The van der Waals surface area contributed by atoms with E-state index in [1.165, 1.54) is 37.9 Å². The molecule has 8 aromatic carbocycles. The molecular weight excluding hydrogens is 597 g/mol. The second-order valence-electron chi connectivity index (χ2n) is 12.7. The molecule has 0 bridgehead atoms. The molecule has 0 saturated carbocycles. The van der Waals surface area contributed by atoms with Gasteiger partial charge in [-0.25, -0.2) is 4.99 Å². The van der Waals surface area contributed by atoms with Crippen molar-refractivity contribution in [3.8, 4) is 11.1 Å². The number of aliphatic imine (C=N–C) groups is 1. The molecule has 10 rings (SSSR count). The highest BCUT2D eigenvalue weighted by Crippen LogP contribution is 2.43. The maximum Gasteiger partial charge on any atom is 0.136 e. The van der Waals surface area contributed by atoms with Crippen molar-refractivity contribution in [1.29, 1.82) is 0 Å². The molecule has 1 N–H and O–H groups in total. The number of para-hydroxylation sites is 1. The quantitative estimate of drug-likeness (QED) is 0.197. The van der Waals surface area contributed by atoms with E-state index in [2.05, 4.69) is 163 Å². The smallest absolute Gasteiger partial charge is 0.136 e. The van der Waals surface area contributed by atoms with Gasteiger partial charge in [-0.2, -0.15) is 0 Å². The summed E-state index contributed by atoms with van der Waals surface area (Å²) in [6.45, 7) is 0. The van der Waals surface area contributed by atoms with Crippen molar-refractivity contribution in [2.75, 3.05) is 0 Å². The van der Waals surface area contributed by atoms with Gasteiger partial charge in [0, 0.05) is 21.9 Å². The average Bonchev–Trinajstić information content (AvgIpc) is 3.57. The first kappa shape index (κ1) is 27.6. The lowest BCUT2D eigenvalue weighted by atomic mass is 9.88. The van der Waals surface area contributed by atoms with Gasteiger partial charge in [0.2, 0.25) is 0 Å². The maximum atomic E-state index is 6.48. The number of hydrogen-bond donors (Lipinski definition) is 1. The fourth-order valence-electron chi connectivity index (χ4n) is 7.66. The summed E-state index contributed by atoms with van der Waals surface area (Å²) in [5.74, 6) is 0.834. The molecule has 3 nitrogen and oxygen atoms in total. The molecule has 0 saturated heterocycles. The molecule has 0 amide bonds. The van der Waals surface area contributed by atoms with Crippen LogP contribution in [0, 0.1) is 0 Å². The minimum atomic E-state index is -0.0551. The normalized spacial score (nSPS) is 14.7. The van der Waals surface area contributed by atoms with E-state index in [0.29, 0.717) is 0 Å². The van der Waals surface area contributed by atoms with Crippen LogP contribution in [0.4, 0.5) is 0 Å². The van der Waals surface area contributed by atoms with Crippen LogP contribution in [0.3, 0.4) is 0 Å². The van der Waals surface area contributed by atoms with Crippen LogP contribution in [-0.2, 0) is 0 Å². The van der Waals surface area contributed by atoms with Crippen LogP contribution in [0.2, 0.25) is 0 Å². The van der Waals surface area contributed by atoms with Crippen LogP contribution in [0.15, 0.2) is 179 Å². The van der Waals surface area contributed by atoms with Crippen molar-refractivity contribution in [3.05, 3.63) is 187 Å². The van der Waals surface area contributed by atoms with Gasteiger partial charge in [0.1, 0.15) is 17.0 Å². The molecule has 3 heteroatoms. The third kappa shape index (κ3) is 4.47. The Labute approximate surface area is 283 Å². The summed E-state index contributed by atoms with van der Waals surface area (Å²) in [7, 11) is 0. The molecule has 0 radical (unpaired) electrons. The fraction of sp³-hybridized carbons (Fsp3) is 0.0217. The van der Waals surface area contributed by atoms with Crippen LogP contribution < -0.4 is 5.32 Å². The van der Waals surface area contributed by atoms with Gasteiger partial charge in [-0.15, -0.1) is 0 Å². The average molecular weight is 627 g/mol. The van der Waals surface area contributed by atoms with Gasteiger partial charge < -0.3 is 9.73 Å². The lowest BCUT2D eigenvalue weighted by Gasteiger charge is -2.26. The van der Waals surface area contributed by atoms with E-state index in [1.807, 2.05) is 12.1 Å². The second kappa shape index (κ2) is 11.1. The molecule has 0 spiro atoms. The maximum absolute atomic E-state index is 6.48. The molecule has 1 aromatic heterocycles. The third-order valence-corrected chi connectivity index (χ3v) is 9.91. The highest BCUT2D eigenvalue weighted by Gasteiger charge is 2.25. The standard InChI is InChI=1S/C46H30N2O/c1-3-13-29(14-4-1)40-28-41(30-15-5-2-6-16-30)48-46(47-40)38-25-26-43-45(37-21-11-12-22-42(37)49-43)44(38)31-23-24-36-34-19-8-7-17-32(34)33-18-9-10-20-35(33)39(36)27-31/h1-28,40H,(H,47,48). The van der Waals surface area contributed by atoms with Crippen LogP contribution in [-0.4, -0.2) is 5.84 Å². The summed E-state index contributed by atoms with van der Waals surface area (Å²) in [5.41, 5.74) is 8.21. The van der Waals surface area contributed by atoms with Gasteiger partial charge in [0.05, 0.1) is 11.7 Å². The summed E-state index contributed by atoms with van der Waals surface area (Å²) in [5, 5.41) is 13.5. The highest BCUT2D eigenvalue weighted by molar-refractivity contribution is 6.27. The molecule has 1 aliphatic heterocycles. The van der Waals surface area contributed by atoms with Crippen molar-refractivity contribution in [3.63, 3.8) is 0 Å². The summed E-state index contributed by atoms with van der Waals surface area (Å²) in [6, 6.07) is 58.0. The fourth-order valence-corrected chi connectivity index (χ4v) is 7.66. The predicted molar refractivity (Wildman–Crippen MR) is 205 cm³/mol. The molecule has 0 fully saturated rings. The minimum Gasteiger partial charge on any atom is -0.456 e. The summed E-state index contributed by atoms with van der Waals surface area (Å²) in [4.78, 5) is 5.34. The Morgan fingerprint density at radius 3 is 1.78 bits per heavy atom. The number of hydrogen-bond acceptors (Lipinski definition) is 3. The van der Waals surface area contributed by atoms with E-state index in [-0.39, 0.29) is 6.04 Å². The molecule has 49 heavy (non-hydrogen) atoms. The second-order valence-corrected chi connectivity index (χ2v) is 12.7. The van der Waals surface area contributed by atoms with Gasteiger partial charge >= 0.3 is 0 Å². The van der Waals surface area contributed by atoms with Gasteiger partial charge in [0.15, 0.2) is 0 Å². The number of amidine groups is 1. The number of fused-ring (bicyclic) bond motifs is 9. The van der Waals surface area contributed by atoms with Crippen LogP contribution >= 0.6 is 0 Å². The Balaban J connectivity index is 1.27. The Kier molecular flexibility index (Phi) is 6.25. The minimum absolute atomic E-state index is 0.0551. The van der Waals surface area contributed by atoms with Crippen molar-refractivity contribution in [2.45, 2.75) is 6.04 Å². The van der Waals surface area contributed by atoms with Crippen molar-refractivity contribution in [1.82, 2.24) is 5.32 Å². The van der Waals surface area contributed by atoms with E-state index in [0.717, 1.165) is 55.7 Å². The Morgan fingerprint density at radius 1 is 0.469 bits per heavy atom. The number of furan rings is 1. The monoisotopic (exact) mass is 626 g/mol. The molecule has 9 aromatic rings. The molecule has 230 valence electrons. The van der Waals surface area contributed by atoms with E-state index in [4.69, 9.17) is 9.41 Å². The zero-order chi connectivity index (χ0) is 32.3. The first-order chi connectivity index (χ1) is 24.3. The Hall–Kier alpha value is -6.45. The van der Waals surface area contributed by atoms with Crippen LogP contribution in [0.1, 0.15) is 22.7 Å². The summed E-state index contributed by atoms with van der Waals surface area (Å²) in [6.07, 6.45) is 2.23. The van der Waals surface area contributed by atoms with Crippen molar-refractivity contribution < 1.29 is 4.42 Å². The first-order valence-electron chi connectivity index (χ1n) is 16.8. The molecule has 1 unspecified atom stereocenters. The number of benzene rings is 8. The molecule has 1 aliphatic rings. The lowest BCUT2D eigenvalue weighted by molar-refractivity contribution is 0.669. The van der Waals surface area contributed by atoms with Gasteiger partial charge in [-0.1, -0.05) is 140 Å². The van der Waals surface area contributed by atoms with E-state index in [9.17, 15) is 0 Å². The largest absolute Gasteiger partial charge is 0.456 e. The van der Waals surface area contributed by atoms with Crippen molar-refractivity contribution in [2.24, 2.45) is 4.99 Å². The molecule has 2 heterocycles. The molecular formula is C46H30N2O.